The van der Waals surface area contributed by atoms with Crippen molar-refractivity contribution in [1.29, 1.82) is 0 Å². The number of hydrogen-bond donors (Lipinski definition) is 11. The van der Waals surface area contributed by atoms with Gasteiger partial charge in [-0.1, -0.05) is 15.9 Å². The zero-order valence-electron chi connectivity index (χ0n) is 35.6. The predicted molar refractivity (Wildman–Crippen MR) is 240 cm³/mol. The summed E-state index contributed by atoms with van der Waals surface area (Å²) < 4.78 is 1.48. The van der Waals surface area contributed by atoms with E-state index in [0.717, 1.165) is 52.4 Å². The minimum atomic E-state index is -1.27. The van der Waals surface area contributed by atoms with Gasteiger partial charge < -0.3 is 58.1 Å². The molecule has 0 bridgehead atoms. The fraction of sp³-hybridized carbons (Fsp3) is 0.564. The number of aliphatic hydroxyl groups excluding tert-OH is 1. The van der Waals surface area contributed by atoms with Crippen LogP contribution in [0.4, 0.5) is 5.69 Å². The van der Waals surface area contributed by atoms with E-state index in [1.807, 2.05) is 12.1 Å². The van der Waals surface area contributed by atoms with Crippen molar-refractivity contribution < 1.29 is 63.0 Å². The molecule has 2 fully saturated rings. The second-order valence-corrected chi connectivity index (χ2v) is 18.1. The summed E-state index contributed by atoms with van der Waals surface area (Å²) in [6.07, 6.45) is 2.91. The van der Waals surface area contributed by atoms with E-state index in [9.17, 15) is 57.8 Å². The zero-order chi connectivity index (χ0) is 48.2. The molecular formula is C39H54Br2N10O13S. The summed E-state index contributed by atoms with van der Waals surface area (Å²) in [5.74, 6) is -7.95. The smallest absolute Gasteiger partial charge is 0.325 e. The third-order valence-electron chi connectivity index (χ3n) is 9.78. The third-order valence-corrected chi connectivity index (χ3v) is 12.2. The van der Waals surface area contributed by atoms with Crippen LogP contribution in [-0.4, -0.2) is 155 Å². The molecule has 2 aliphatic rings. The monoisotopic (exact) mass is 1060 g/mol. The number of anilines is 1. The highest BCUT2D eigenvalue weighted by Gasteiger charge is 2.39. The molecule has 1 aromatic rings. The van der Waals surface area contributed by atoms with Gasteiger partial charge in [-0.25, -0.2) is 0 Å². The highest BCUT2D eigenvalue weighted by atomic mass is 79.9. The summed E-state index contributed by atoms with van der Waals surface area (Å²) in [6.45, 7) is 0.00477. The Labute approximate surface area is 394 Å². The number of hydrogen-bond acceptors (Lipinski definition) is 14. The SMILES string of the molecule is CC(=O)NC(CSC1CC(=O)N(CCCC(=O)Nc2c(Br)cc(Br)cc2CN[C@H]2CC[C@H](O)CC2)C1=O)C(=O)NCC(=O)NCC(=O)NCC(=O)NCC(=O)NCC(=O)NC(C)C(=O)O. The highest BCUT2D eigenvalue weighted by Crippen LogP contribution is 2.32. The average Bonchev–Trinajstić information content (AvgIpc) is 3.52. The van der Waals surface area contributed by atoms with E-state index in [4.69, 9.17) is 5.11 Å². The van der Waals surface area contributed by atoms with Crippen LogP contribution in [0, 0.1) is 0 Å². The van der Waals surface area contributed by atoms with E-state index < -0.39 is 109 Å². The molecule has 23 nitrogen and oxygen atoms in total. The quantitative estimate of drug-likeness (QED) is 0.0466. The second-order valence-electron chi connectivity index (χ2n) is 15.1. The second kappa shape index (κ2) is 27.3. The number of carboxylic acid groups (broad SMARTS) is 1. The molecule has 0 spiro atoms. The summed E-state index contributed by atoms with van der Waals surface area (Å²) in [4.78, 5) is 136. The molecule has 11 N–H and O–H groups in total. The third kappa shape index (κ3) is 19.8. The van der Waals surface area contributed by atoms with Crippen LogP contribution in [0.3, 0.4) is 0 Å². The lowest BCUT2D eigenvalue weighted by Gasteiger charge is -2.27. The van der Waals surface area contributed by atoms with Crippen molar-refractivity contribution in [2.45, 2.75) is 94.8 Å². The van der Waals surface area contributed by atoms with Crippen LogP contribution in [0.15, 0.2) is 21.1 Å². The molecule has 26 heteroatoms. The number of aliphatic hydroxyl groups is 1. The van der Waals surface area contributed by atoms with E-state index in [-0.39, 0.29) is 49.6 Å². The molecule has 1 aliphatic carbocycles. The van der Waals surface area contributed by atoms with Gasteiger partial charge in [0.15, 0.2) is 0 Å². The summed E-state index contributed by atoms with van der Waals surface area (Å²) >= 11 is 7.99. The van der Waals surface area contributed by atoms with Crippen molar-refractivity contribution in [2.75, 3.05) is 50.3 Å². The van der Waals surface area contributed by atoms with E-state index in [2.05, 4.69) is 79.7 Å². The van der Waals surface area contributed by atoms with Gasteiger partial charge >= 0.3 is 5.97 Å². The summed E-state index contributed by atoms with van der Waals surface area (Å²) in [5, 5.41) is 39.9. The molecule has 3 rings (SSSR count). The number of amides is 10. The molecule has 0 radical (unpaired) electrons. The lowest BCUT2D eigenvalue weighted by atomic mass is 9.93. The van der Waals surface area contributed by atoms with Crippen LogP contribution in [0.2, 0.25) is 0 Å². The number of nitrogens with one attached hydrogen (secondary N) is 9. The standard InChI is InChI=1S/C39H54Br2N10O13S/c1-20(39(63)64)48-34(59)18-46-32(57)16-44-30(55)14-43-31(56)15-45-33(58)17-47-37(61)27(49-21(2)52)19-65-28-12-35(60)51(38(28)62)9-3-4-29(54)50-36-22(10-23(40)11-26(36)41)13-42-24-5-7-25(53)8-6-24/h10-11,20,24-25,27-28,42,53H,3-9,12-19H2,1-2H3,(H,43,56)(H,44,55)(H,45,58)(H,46,57)(H,47,61)(H,48,59)(H,49,52)(H,50,54)(H,63,64)/t20?,24-,25-,27?,28?. The highest BCUT2D eigenvalue weighted by molar-refractivity contribution is 9.11. The van der Waals surface area contributed by atoms with Gasteiger partial charge in [0.05, 0.1) is 49.8 Å². The number of halogens is 2. The van der Waals surface area contributed by atoms with Crippen molar-refractivity contribution in [1.82, 2.24) is 47.4 Å². The Morgan fingerprint density at radius 2 is 1.34 bits per heavy atom. The van der Waals surface area contributed by atoms with Crippen molar-refractivity contribution in [3.63, 3.8) is 0 Å². The predicted octanol–water partition coefficient (Wildman–Crippen LogP) is -2.14. The van der Waals surface area contributed by atoms with Crippen LogP contribution in [0.5, 0.6) is 0 Å². The molecule has 10 amide bonds. The molecule has 0 aromatic heterocycles. The van der Waals surface area contributed by atoms with Crippen LogP contribution < -0.4 is 47.9 Å². The summed E-state index contributed by atoms with van der Waals surface area (Å²) in [6, 6.07) is 1.58. The first-order chi connectivity index (χ1) is 30.7. The number of thioether (sulfide) groups is 1. The number of likely N-dealkylation sites (tertiary alicyclic amines) is 1. The number of imide groups is 1. The summed E-state index contributed by atoms with van der Waals surface area (Å²) in [7, 11) is 0. The number of carbonyl (C=O) groups excluding carboxylic acids is 10. The lowest BCUT2D eigenvalue weighted by Crippen LogP contribution is -2.51. The Morgan fingerprint density at radius 1 is 0.785 bits per heavy atom. The number of benzene rings is 1. The first-order valence-corrected chi connectivity index (χ1v) is 23.1. The maximum absolute atomic E-state index is 13.2. The minimum absolute atomic E-state index is 0.0115. The van der Waals surface area contributed by atoms with Crippen molar-refractivity contribution >= 4 is 114 Å². The van der Waals surface area contributed by atoms with Crippen molar-refractivity contribution in [2.24, 2.45) is 0 Å². The molecule has 1 aliphatic heterocycles. The van der Waals surface area contributed by atoms with Gasteiger partial charge in [-0.15, -0.1) is 11.8 Å². The van der Waals surface area contributed by atoms with Gasteiger partial charge in [0.2, 0.25) is 59.1 Å². The Balaban J connectivity index is 1.36. The van der Waals surface area contributed by atoms with Crippen LogP contribution in [-0.2, 0) is 59.3 Å². The van der Waals surface area contributed by atoms with Crippen molar-refractivity contribution in [3.05, 3.63) is 26.6 Å². The molecule has 3 unspecified atom stereocenters. The van der Waals surface area contributed by atoms with Crippen LogP contribution in [0.25, 0.3) is 0 Å². The maximum atomic E-state index is 13.2. The largest absolute Gasteiger partial charge is 0.480 e. The van der Waals surface area contributed by atoms with Gasteiger partial charge in [0, 0.05) is 53.6 Å². The normalized spacial score (nSPS) is 17.8. The van der Waals surface area contributed by atoms with E-state index in [1.165, 1.54) is 13.8 Å². The van der Waals surface area contributed by atoms with Gasteiger partial charge in [0.1, 0.15) is 12.1 Å². The average molecular weight is 1060 g/mol. The van der Waals surface area contributed by atoms with E-state index >= 15 is 0 Å². The first kappa shape index (κ1) is 54.2. The lowest BCUT2D eigenvalue weighted by molar-refractivity contribution is -0.141. The van der Waals surface area contributed by atoms with Crippen LogP contribution in [0.1, 0.15) is 64.4 Å². The molecule has 1 aromatic carbocycles. The molecule has 358 valence electrons. The Kier molecular flexibility index (Phi) is 22.8. The van der Waals surface area contributed by atoms with E-state index in [1.54, 1.807) is 0 Å². The van der Waals surface area contributed by atoms with Gasteiger partial charge in [0.25, 0.3) is 0 Å². The molecule has 1 heterocycles. The molecular weight excluding hydrogens is 1010 g/mol. The number of aliphatic carboxylic acids is 1. The van der Waals surface area contributed by atoms with Gasteiger partial charge in [-0.05, 0) is 72.7 Å². The minimum Gasteiger partial charge on any atom is -0.480 e. The number of rotatable bonds is 25. The maximum Gasteiger partial charge on any atom is 0.325 e. The van der Waals surface area contributed by atoms with Gasteiger partial charge in [-0.2, -0.15) is 0 Å². The van der Waals surface area contributed by atoms with Gasteiger partial charge in [-0.3, -0.25) is 57.6 Å². The fourth-order valence-corrected chi connectivity index (χ4v) is 8.91. The van der Waals surface area contributed by atoms with Crippen molar-refractivity contribution in [3.8, 4) is 0 Å². The Bertz CT molecular complexity index is 1970. The number of nitrogens with zero attached hydrogens (tertiary/aromatic N) is 1. The molecule has 65 heavy (non-hydrogen) atoms. The fourth-order valence-electron chi connectivity index (χ4n) is 6.31. The topological polar surface area (TPSA) is 340 Å². The first-order valence-electron chi connectivity index (χ1n) is 20.5. The number of carbonyl (C=O) groups is 11. The molecule has 1 saturated carbocycles. The summed E-state index contributed by atoms with van der Waals surface area (Å²) in [5.41, 5.74) is 1.44. The Hall–Kier alpha value is -5.18. The zero-order valence-corrected chi connectivity index (χ0v) is 39.6. The Morgan fingerprint density at radius 3 is 1.89 bits per heavy atom. The number of carboxylic acids is 1. The van der Waals surface area contributed by atoms with Crippen LogP contribution >= 0.6 is 43.6 Å². The molecule has 1 saturated heterocycles. The van der Waals surface area contributed by atoms with E-state index in [0.29, 0.717) is 16.7 Å². The molecule has 3 atom stereocenters.